The van der Waals surface area contributed by atoms with Gasteiger partial charge in [0, 0.05) is 18.3 Å². The lowest BCUT2D eigenvalue weighted by Gasteiger charge is -2.22. The van der Waals surface area contributed by atoms with Crippen molar-refractivity contribution in [2.75, 3.05) is 11.9 Å². The fourth-order valence-corrected chi connectivity index (χ4v) is 2.23. The van der Waals surface area contributed by atoms with Crippen molar-refractivity contribution in [3.8, 4) is 6.07 Å². The Morgan fingerprint density at radius 1 is 1.53 bits per heavy atom. The van der Waals surface area contributed by atoms with Crippen LogP contribution in [-0.2, 0) is 4.74 Å². The van der Waals surface area contributed by atoms with Gasteiger partial charge in [-0.1, -0.05) is 0 Å². The maximum absolute atomic E-state index is 8.82. The van der Waals surface area contributed by atoms with Gasteiger partial charge in [0.05, 0.1) is 17.7 Å². The first kappa shape index (κ1) is 11.9. The third-order valence-corrected chi connectivity index (χ3v) is 3.26. The Hall–Kier alpha value is -1.53. The zero-order valence-electron chi connectivity index (χ0n) is 10.4. The lowest BCUT2D eigenvalue weighted by atomic mass is 10.1. The molecule has 0 radical (unpaired) electrons. The predicted molar refractivity (Wildman–Crippen MR) is 68.0 cm³/mol. The summed E-state index contributed by atoms with van der Waals surface area (Å²) in [6.07, 6.45) is 2.59. The maximum Gasteiger partial charge on any atom is 0.0991 e. The van der Waals surface area contributed by atoms with Crippen LogP contribution in [0.2, 0.25) is 0 Å². The summed E-state index contributed by atoms with van der Waals surface area (Å²) in [5.41, 5.74) is 2.90. The second-order valence-electron chi connectivity index (χ2n) is 4.63. The van der Waals surface area contributed by atoms with Crippen LogP contribution in [0.4, 0.5) is 5.69 Å². The highest BCUT2D eigenvalue weighted by atomic mass is 16.5. The lowest BCUT2D eigenvalue weighted by molar-refractivity contribution is 0.0996. The van der Waals surface area contributed by atoms with Crippen molar-refractivity contribution in [3.63, 3.8) is 0 Å². The van der Waals surface area contributed by atoms with Gasteiger partial charge in [-0.25, -0.2) is 0 Å². The Morgan fingerprint density at radius 2 is 2.35 bits per heavy atom. The molecule has 0 aromatic heterocycles. The standard InChI is InChI=1S/C14H18N2O/c1-10-8-12(9-15)5-6-13(10)16-11(2)14-4-3-7-17-14/h5-6,8,11,14,16H,3-4,7H2,1-2H3. The molecule has 0 aliphatic carbocycles. The second-order valence-corrected chi connectivity index (χ2v) is 4.63. The number of aryl methyl sites for hydroxylation is 1. The smallest absolute Gasteiger partial charge is 0.0991 e. The number of benzene rings is 1. The zero-order chi connectivity index (χ0) is 12.3. The highest BCUT2D eigenvalue weighted by Crippen LogP contribution is 2.22. The Labute approximate surface area is 102 Å². The van der Waals surface area contributed by atoms with E-state index in [1.54, 1.807) is 0 Å². The van der Waals surface area contributed by atoms with Crippen molar-refractivity contribution in [2.24, 2.45) is 0 Å². The molecule has 0 bridgehead atoms. The van der Waals surface area contributed by atoms with E-state index in [2.05, 4.69) is 18.3 Å². The van der Waals surface area contributed by atoms with E-state index in [0.717, 1.165) is 30.7 Å². The largest absolute Gasteiger partial charge is 0.380 e. The van der Waals surface area contributed by atoms with Gasteiger partial charge in [-0.05, 0) is 50.5 Å². The summed E-state index contributed by atoms with van der Waals surface area (Å²) in [7, 11) is 0. The number of nitrogens with zero attached hydrogens (tertiary/aromatic N) is 1. The van der Waals surface area contributed by atoms with E-state index in [-0.39, 0.29) is 0 Å². The number of hydrogen-bond donors (Lipinski definition) is 1. The van der Waals surface area contributed by atoms with Gasteiger partial charge in [-0.3, -0.25) is 0 Å². The van der Waals surface area contributed by atoms with E-state index >= 15 is 0 Å². The van der Waals surface area contributed by atoms with Crippen LogP contribution in [0.1, 0.15) is 30.9 Å². The monoisotopic (exact) mass is 230 g/mol. The van der Waals surface area contributed by atoms with Gasteiger partial charge in [0.15, 0.2) is 0 Å². The fourth-order valence-electron chi connectivity index (χ4n) is 2.23. The van der Waals surface area contributed by atoms with E-state index < -0.39 is 0 Å². The fraction of sp³-hybridized carbons (Fsp3) is 0.500. The van der Waals surface area contributed by atoms with Crippen molar-refractivity contribution in [1.82, 2.24) is 0 Å². The maximum atomic E-state index is 8.82. The van der Waals surface area contributed by atoms with Gasteiger partial charge in [-0.2, -0.15) is 5.26 Å². The molecule has 90 valence electrons. The van der Waals surface area contributed by atoms with Crippen molar-refractivity contribution < 1.29 is 4.74 Å². The van der Waals surface area contributed by atoms with Crippen molar-refractivity contribution in [3.05, 3.63) is 29.3 Å². The van der Waals surface area contributed by atoms with E-state index in [9.17, 15) is 0 Å². The molecule has 1 heterocycles. The highest BCUT2D eigenvalue weighted by molar-refractivity contribution is 5.54. The molecule has 1 fully saturated rings. The summed E-state index contributed by atoms with van der Waals surface area (Å²) >= 11 is 0. The molecule has 2 unspecified atom stereocenters. The number of rotatable bonds is 3. The Morgan fingerprint density at radius 3 is 2.94 bits per heavy atom. The molecular weight excluding hydrogens is 212 g/mol. The summed E-state index contributed by atoms with van der Waals surface area (Å²) in [6, 6.07) is 8.18. The molecule has 2 rings (SSSR count). The molecule has 3 nitrogen and oxygen atoms in total. The first-order chi connectivity index (χ1) is 8.20. The molecule has 1 aliphatic rings. The Kier molecular flexibility index (Phi) is 3.65. The first-order valence-corrected chi connectivity index (χ1v) is 6.09. The van der Waals surface area contributed by atoms with Crippen LogP contribution in [0.3, 0.4) is 0 Å². The summed E-state index contributed by atoms with van der Waals surface area (Å²) in [5, 5.41) is 12.3. The minimum absolute atomic E-state index is 0.309. The van der Waals surface area contributed by atoms with Gasteiger partial charge in [-0.15, -0.1) is 0 Å². The minimum Gasteiger partial charge on any atom is -0.380 e. The quantitative estimate of drug-likeness (QED) is 0.868. The molecule has 1 aromatic rings. The van der Waals surface area contributed by atoms with Crippen LogP contribution >= 0.6 is 0 Å². The van der Waals surface area contributed by atoms with Crippen LogP contribution in [-0.4, -0.2) is 18.8 Å². The molecule has 2 atom stereocenters. The van der Waals surface area contributed by atoms with E-state index in [1.807, 2.05) is 25.1 Å². The Bertz CT molecular complexity index is 430. The molecule has 17 heavy (non-hydrogen) atoms. The molecule has 1 aliphatic heterocycles. The molecule has 0 saturated carbocycles. The van der Waals surface area contributed by atoms with Gasteiger partial charge < -0.3 is 10.1 Å². The predicted octanol–water partition coefficient (Wildman–Crippen LogP) is 2.85. The van der Waals surface area contributed by atoms with Crippen LogP contribution in [0.15, 0.2) is 18.2 Å². The third-order valence-electron chi connectivity index (χ3n) is 3.26. The summed E-state index contributed by atoms with van der Waals surface area (Å²) in [6.45, 7) is 5.04. The summed E-state index contributed by atoms with van der Waals surface area (Å²) < 4.78 is 5.66. The van der Waals surface area contributed by atoms with E-state index in [1.165, 1.54) is 0 Å². The van der Waals surface area contributed by atoms with Crippen molar-refractivity contribution >= 4 is 5.69 Å². The number of ether oxygens (including phenoxy) is 1. The average Bonchev–Trinajstić information content (AvgIpc) is 2.85. The second kappa shape index (κ2) is 5.20. The van der Waals surface area contributed by atoms with Gasteiger partial charge in [0.2, 0.25) is 0 Å². The third kappa shape index (κ3) is 2.78. The lowest BCUT2D eigenvalue weighted by Crippen LogP contribution is -2.30. The van der Waals surface area contributed by atoms with Crippen LogP contribution < -0.4 is 5.32 Å². The van der Waals surface area contributed by atoms with Crippen molar-refractivity contribution in [2.45, 2.75) is 38.8 Å². The first-order valence-electron chi connectivity index (χ1n) is 6.09. The van der Waals surface area contributed by atoms with Crippen molar-refractivity contribution in [1.29, 1.82) is 5.26 Å². The molecule has 1 saturated heterocycles. The zero-order valence-corrected chi connectivity index (χ0v) is 10.4. The number of hydrogen-bond acceptors (Lipinski definition) is 3. The average molecular weight is 230 g/mol. The molecule has 1 N–H and O–H groups in total. The molecule has 0 amide bonds. The molecular formula is C14H18N2O. The molecule has 3 heteroatoms. The van der Waals surface area contributed by atoms with E-state index in [4.69, 9.17) is 10.00 Å². The molecule has 0 spiro atoms. The Balaban J connectivity index is 2.05. The van der Waals surface area contributed by atoms with Gasteiger partial charge in [0.25, 0.3) is 0 Å². The number of nitrogens with one attached hydrogen (secondary N) is 1. The van der Waals surface area contributed by atoms with Crippen LogP contribution in [0.5, 0.6) is 0 Å². The molecule has 1 aromatic carbocycles. The number of anilines is 1. The normalized spacial score (nSPS) is 20.9. The highest BCUT2D eigenvalue weighted by Gasteiger charge is 2.22. The van der Waals surface area contributed by atoms with Crippen LogP contribution in [0.25, 0.3) is 0 Å². The SMILES string of the molecule is Cc1cc(C#N)ccc1NC(C)C1CCCO1. The van der Waals surface area contributed by atoms with E-state index in [0.29, 0.717) is 17.7 Å². The summed E-state index contributed by atoms with van der Waals surface area (Å²) in [4.78, 5) is 0. The minimum atomic E-state index is 0.309. The van der Waals surface area contributed by atoms with Gasteiger partial charge in [0.1, 0.15) is 0 Å². The summed E-state index contributed by atoms with van der Waals surface area (Å²) in [5.74, 6) is 0. The van der Waals surface area contributed by atoms with Crippen LogP contribution in [0, 0.1) is 18.3 Å². The number of nitriles is 1. The van der Waals surface area contributed by atoms with Gasteiger partial charge >= 0.3 is 0 Å². The topological polar surface area (TPSA) is 45.0 Å².